The Balaban J connectivity index is 1.74. The fraction of sp³-hybridized carbons (Fsp3) is 0.238. The van der Waals surface area contributed by atoms with Gasteiger partial charge in [0.05, 0.1) is 11.3 Å². The fourth-order valence-electron chi connectivity index (χ4n) is 2.57. The molecule has 1 heterocycles. The molecule has 0 aliphatic heterocycles. The number of hydrogen-bond acceptors (Lipinski definition) is 5. The second-order valence-electron chi connectivity index (χ2n) is 5.97. The number of carbonyl (C=O) groups excluding carboxylic acids is 1. The summed E-state index contributed by atoms with van der Waals surface area (Å²) in [4.78, 5) is 12.6. The zero-order valence-electron chi connectivity index (χ0n) is 15.1. The zero-order chi connectivity index (χ0) is 18.5. The van der Waals surface area contributed by atoms with Crippen LogP contribution in [0.5, 0.6) is 11.5 Å². The molecule has 3 aromatic rings. The Morgan fingerprint density at radius 2 is 1.81 bits per heavy atom. The minimum Gasteiger partial charge on any atom is -0.488 e. The number of carbonyl (C=O) groups is 1. The first-order chi connectivity index (χ1) is 12.6. The Morgan fingerprint density at radius 1 is 1.08 bits per heavy atom. The summed E-state index contributed by atoms with van der Waals surface area (Å²) in [5.74, 6) is 1.22. The van der Waals surface area contributed by atoms with E-state index in [1.165, 1.54) is 5.56 Å². The minimum absolute atomic E-state index is 0.274. The van der Waals surface area contributed by atoms with Crippen molar-refractivity contribution in [1.29, 1.82) is 0 Å². The van der Waals surface area contributed by atoms with Crippen LogP contribution in [0.25, 0.3) is 0 Å². The van der Waals surface area contributed by atoms with Crippen LogP contribution in [0.1, 0.15) is 39.9 Å². The molecule has 0 saturated heterocycles. The van der Waals surface area contributed by atoms with Crippen LogP contribution in [0.15, 0.2) is 53.1 Å². The van der Waals surface area contributed by atoms with Crippen molar-refractivity contribution >= 4 is 5.97 Å². The Hall–Kier alpha value is -3.08. The van der Waals surface area contributed by atoms with E-state index in [4.69, 9.17) is 14.0 Å². The van der Waals surface area contributed by atoms with Crippen LogP contribution in [-0.4, -0.2) is 11.1 Å². The number of esters is 1. The molecule has 26 heavy (non-hydrogen) atoms. The lowest BCUT2D eigenvalue weighted by Gasteiger charge is -2.11. The highest BCUT2D eigenvalue weighted by atomic mass is 16.5. The van der Waals surface area contributed by atoms with Crippen molar-refractivity contribution in [1.82, 2.24) is 5.16 Å². The number of aryl methyl sites for hydroxylation is 3. The number of rotatable bonds is 6. The summed E-state index contributed by atoms with van der Waals surface area (Å²) < 4.78 is 16.5. The van der Waals surface area contributed by atoms with E-state index >= 15 is 0 Å². The SMILES string of the molecule is CCc1ccc(OC(=O)c2ccccc2OCc2c(C)noc2C)cc1. The van der Waals surface area contributed by atoms with Gasteiger partial charge in [0, 0.05) is 0 Å². The van der Waals surface area contributed by atoms with Gasteiger partial charge >= 0.3 is 5.97 Å². The van der Waals surface area contributed by atoms with Crippen molar-refractivity contribution < 1.29 is 18.8 Å². The molecular weight excluding hydrogens is 330 g/mol. The lowest BCUT2D eigenvalue weighted by molar-refractivity contribution is 0.0729. The lowest BCUT2D eigenvalue weighted by atomic mass is 10.1. The second-order valence-corrected chi connectivity index (χ2v) is 5.97. The van der Waals surface area contributed by atoms with Crippen LogP contribution >= 0.6 is 0 Å². The monoisotopic (exact) mass is 351 g/mol. The van der Waals surface area contributed by atoms with E-state index in [1.54, 1.807) is 30.3 Å². The molecule has 0 saturated carbocycles. The van der Waals surface area contributed by atoms with Crippen molar-refractivity contribution in [3.05, 3.63) is 76.7 Å². The summed E-state index contributed by atoms with van der Waals surface area (Å²) in [6.45, 7) is 6.04. The summed E-state index contributed by atoms with van der Waals surface area (Å²) in [7, 11) is 0. The summed E-state index contributed by atoms with van der Waals surface area (Å²) in [5.41, 5.74) is 3.22. The lowest BCUT2D eigenvalue weighted by Crippen LogP contribution is -2.11. The van der Waals surface area contributed by atoms with E-state index in [2.05, 4.69) is 12.1 Å². The van der Waals surface area contributed by atoms with Gasteiger partial charge in [0.25, 0.3) is 0 Å². The number of nitrogens with zero attached hydrogens (tertiary/aromatic N) is 1. The molecule has 2 aromatic carbocycles. The van der Waals surface area contributed by atoms with E-state index in [0.29, 0.717) is 22.8 Å². The molecule has 0 atom stereocenters. The Morgan fingerprint density at radius 3 is 2.46 bits per heavy atom. The number of aromatic nitrogens is 1. The van der Waals surface area contributed by atoms with Gasteiger partial charge in [0.15, 0.2) is 0 Å². The summed E-state index contributed by atoms with van der Waals surface area (Å²) in [6, 6.07) is 14.5. The molecule has 5 heteroatoms. The predicted molar refractivity (Wildman–Crippen MR) is 97.5 cm³/mol. The summed E-state index contributed by atoms with van der Waals surface area (Å²) in [6.07, 6.45) is 0.937. The molecule has 0 spiro atoms. The van der Waals surface area contributed by atoms with Crippen LogP contribution in [0.2, 0.25) is 0 Å². The molecule has 0 amide bonds. The maximum atomic E-state index is 12.6. The van der Waals surface area contributed by atoms with E-state index in [-0.39, 0.29) is 6.61 Å². The number of para-hydroxylation sites is 1. The van der Waals surface area contributed by atoms with Gasteiger partial charge in [-0.2, -0.15) is 0 Å². The van der Waals surface area contributed by atoms with E-state index in [9.17, 15) is 4.79 Å². The van der Waals surface area contributed by atoms with Crippen LogP contribution in [-0.2, 0) is 13.0 Å². The van der Waals surface area contributed by atoms with Crippen molar-refractivity contribution in [2.45, 2.75) is 33.8 Å². The predicted octanol–water partition coefficient (Wildman–Crippen LogP) is 4.65. The van der Waals surface area contributed by atoms with Gasteiger partial charge in [-0.3, -0.25) is 0 Å². The molecule has 0 radical (unpaired) electrons. The van der Waals surface area contributed by atoms with Gasteiger partial charge in [-0.25, -0.2) is 4.79 Å². The van der Waals surface area contributed by atoms with E-state index < -0.39 is 5.97 Å². The molecule has 0 unspecified atom stereocenters. The molecule has 1 aromatic heterocycles. The molecule has 0 aliphatic rings. The summed E-state index contributed by atoms with van der Waals surface area (Å²) in [5, 5.41) is 3.91. The standard InChI is InChI=1S/C21H21NO4/c1-4-16-9-11-17(12-10-16)25-21(23)18-7-5-6-8-20(18)24-13-19-14(2)22-26-15(19)3/h5-12H,4,13H2,1-3H3. The van der Waals surface area contributed by atoms with Crippen molar-refractivity contribution in [3.63, 3.8) is 0 Å². The highest BCUT2D eigenvalue weighted by molar-refractivity contribution is 5.94. The number of hydrogen-bond donors (Lipinski definition) is 0. The fourth-order valence-corrected chi connectivity index (χ4v) is 2.57. The Labute approximate surface area is 152 Å². The van der Waals surface area contributed by atoms with Crippen molar-refractivity contribution in [3.8, 4) is 11.5 Å². The molecule has 5 nitrogen and oxygen atoms in total. The van der Waals surface area contributed by atoms with E-state index in [0.717, 1.165) is 17.7 Å². The average Bonchev–Trinajstić information content (AvgIpc) is 2.98. The molecule has 134 valence electrons. The Kier molecular flexibility index (Phi) is 5.37. The van der Waals surface area contributed by atoms with Crippen molar-refractivity contribution in [2.75, 3.05) is 0 Å². The largest absolute Gasteiger partial charge is 0.488 e. The Bertz CT molecular complexity index is 877. The third kappa shape index (κ3) is 3.94. The first-order valence-corrected chi connectivity index (χ1v) is 8.53. The molecule has 0 bridgehead atoms. The van der Waals surface area contributed by atoms with Gasteiger partial charge in [0.1, 0.15) is 29.4 Å². The highest BCUT2D eigenvalue weighted by Crippen LogP contribution is 2.23. The summed E-state index contributed by atoms with van der Waals surface area (Å²) >= 11 is 0. The van der Waals surface area contributed by atoms with Gasteiger partial charge < -0.3 is 14.0 Å². The minimum atomic E-state index is -0.455. The highest BCUT2D eigenvalue weighted by Gasteiger charge is 2.16. The zero-order valence-corrected chi connectivity index (χ0v) is 15.1. The number of benzene rings is 2. The maximum absolute atomic E-state index is 12.6. The van der Waals surface area contributed by atoms with Crippen molar-refractivity contribution in [2.24, 2.45) is 0 Å². The van der Waals surface area contributed by atoms with E-state index in [1.807, 2.05) is 32.0 Å². The normalized spacial score (nSPS) is 10.6. The van der Waals surface area contributed by atoms with Crippen LogP contribution < -0.4 is 9.47 Å². The quantitative estimate of drug-likeness (QED) is 0.478. The number of ether oxygens (including phenoxy) is 2. The second kappa shape index (κ2) is 7.87. The van der Waals surface area contributed by atoms with Gasteiger partial charge in [-0.15, -0.1) is 0 Å². The first kappa shape index (κ1) is 17.7. The van der Waals surface area contributed by atoms with Gasteiger partial charge in [0.2, 0.25) is 0 Å². The van der Waals surface area contributed by atoms with Crippen LogP contribution in [0.4, 0.5) is 0 Å². The molecular formula is C21H21NO4. The third-order valence-electron chi connectivity index (χ3n) is 4.20. The average molecular weight is 351 g/mol. The van der Waals surface area contributed by atoms with Gasteiger partial charge in [-0.05, 0) is 50.1 Å². The molecule has 0 aliphatic carbocycles. The maximum Gasteiger partial charge on any atom is 0.347 e. The van der Waals surface area contributed by atoms with Crippen LogP contribution in [0, 0.1) is 13.8 Å². The third-order valence-corrected chi connectivity index (χ3v) is 4.20. The molecule has 3 rings (SSSR count). The first-order valence-electron chi connectivity index (χ1n) is 8.53. The smallest absolute Gasteiger partial charge is 0.347 e. The molecule has 0 N–H and O–H groups in total. The molecule has 0 fully saturated rings. The topological polar surface area (TPSA) is 61.6 Å². The van der Waals surface area contributed by atoms with Crippen LogP contribution in [0.3, 0.4) is 0 Å². The van der Waals surface area contributed by atoms with Gasteiger partial charge in [-0.1, -0.05) is 36.3 Å².